The van der Waals surface area contributed by atoms with E-state index < -0.39 is 0 Å². The molecule has 2 heterocycles. The molecule has 2 heteroatoms. The molecule has 120 valence electrons. The quantitative estimate of drug-likeness (QED) is 0.453. The molecule has 0 aliphatic rings. The third-order valence-corrected chi connectivity index (χ3v) is 4.82. The number of furan rings is 2. The maximum Gasteiger partial charge on any atom is 0.146 e. The smallest absolute Gasteiger partial charge is 0.146 e. The first-order valence-electron chi connectivity index (χ1n) is 8.28. The van der Waals surface area contributed by atoms with Crippen LogP contribution in [-0.4, -0.2) is 0 Å². The fourth-order valence-electron chi connectivity index (χ4n) is 3.52. The molecule has 0 saturated carbocycles. The summed E-state index contributed by atoms with van der Waals surface area (Å²) >= 11 is 0. The van der Waals surface area contributed by atoms with Crippen molar-refractivity contribution in [3.05, 3.63) is 76.7 Å². The van der Waals surface area contributed by atoms with Gasteiger partial charge in [0.2, 0.25) is 0 Å². The van der Waals surface area contributed by atoms with E-state index in [4.69, 9.17) is 9.15 Å². The van der Waals surface area contributed by atoms with Crippen LogP contribution in [0.15, 0.2) is 65.1 Å². The Bertz CT molecular complexity index is 1310. The van der Waals surface area contributed by atoms with Crippen LogP contribution < -0.4 is 15.2 Å². The maximum absolute atomic E-state index is 6.30. The first-order chi connectivity index (χ1) is 12.2. The third kappa shape index (κ3) is 1.97. The fourth-order valence-corrected chi connectivity index (χ4v) is 3.52. The lowest BCUT2D eigenvalue weighted by Crippen LogP contribution is -2.18. The van der Waals surface area contributed by atoms with Crippen LogP contribution in [0.3, 0.4) is 0 Å². The molecule has 0 aliphatic heterocycles. The average molecular weight is 324 g/mol. The highest BCUT2D eigenvalue weighted by atomic mass is 16.5. The van der Waals surface area contributed by atoms with Gasteiger partial charge in [0.1, 0.15) is 23.5 Å². The van der Waals surface area contributed by atoms with Crippen LogP contribution in [0.1, 0.15) is 5.56 Å². The SMILES string of the molecule is C=c1c(=C)c2oc1c1cc3ccccc3c(OCc3ccccc3)c21. The van der Waals surface area contributed by atoms with E-state index in [1.54, 1.807) is 0 Å². The van der Waals surface area contributed by atoms with Gasteiger partial charge in [-0.3, -0.25) is 0 Å². The van der Waals surface area contributed by atoms with Crippen molar-refractivity contribution >= 4 is 45.9 Å². The molecule has 0 spiro atoms. The number of benzene rings is 4. The van der Waals surface area contributed by atoms with E-state index in [1.807, 2.05) is 30.3 Å². The molecule has 25 heavy (non-hydrogen) atoms. The standard InChI is InChI=1S/C23H16O2/c1-14-15(2)22-20-19(21(14)25-22)12-17-10-6-7-11-18(17)23(20)24-13-16-8-4-3-5-9-16/h3-12H,1-2,13H2. The molecule has 0 N–H and O–H groups in total. The lowest BCUT2D eigenvalue weighted by Gasteiger charge is -2.12. The number of fused-ring (bicyclic) bond motifs is 6. The molecule has 0 saturated heterocycles. The molecule has 2 nitrogen and oxygen atoms in total. The van der Waals surface area contributed by atoms with E-state index >= 15 is 0 Å². The van der Waals surface area contributed by atoms with Gasteiger partial charge in [0.05, 0.1) is 5.39 Å². The number of rotatable bonds is 3. The second-order valence-electron chi connectivity index (χ2n) is 6.34. The Kier molecular flexibility index (Phi) is 2.89. The summed E-state index contributed by atoms with van der Waals surface area (Å²) in [6.45, 7) is 8.73. The van der Waals surface area contributed by atoms with Crippen LogP contribution in [0.2, 0.25) is 0 Å². The van der Waals surface area contributed by atoms with Gasteiger partial charge in [-0.05, 0) is 17.0 Å². The van der Waals surface area contributed by atoms with Gasteiger partial charge in [-0.1, -0.05) is 67.8 Å². The first-order valence-corrected chi connectivity index (χ1v) is 8.28. The number of ether oxygens (including phenoxy) is 1. The zero-order valence-electron chi connectivity index (χ0n) is 13.7. The number of hydrogen-bond donors (Lipinski definition) is 0. The highest BCUT2D eigenvalue weighted by Crippen LogP contribution is 2.40. The second kappa shape index (κ2) is 5.12. The van der Waals surface area contributed by atoms with E-state index in [0.717, 1.165) is 54.5 Å². The molecule has 0 fully saturated rings. The Labute approximate surface area is 144 Å². The Balaban J connectivity index is 1.80. The largest absolute Gasteiger partial charge is 0.487 e. The van der Waals surface area contributed by atoms with Crippen LogP contribution in [0.5, 0.6) is 5.75 Å². The van der Waals surface area contributed by atoms with Crippen molar-refractivity contribution in [2.45, 2.75) is 6.61 Å². The average Bonchev–Trinajstić information content (AvgIpc) is 3.16. The Morgan fingerprint density at radius 2 is 1.52 bits per heavy atom. The summed E-state index contributed by atoms with van der Waals surface area (Å²) in [5, 5.41) is 5.98. The van der Waals surface area contributed by atoms with Crippen molar-refractivity contribution in [2.75, 3.05) is 0 Å². The molecule has 2 aromatic heterocycles. The lowest BCUT2D eigenvalue weighted by molar-refractivity contribution is 0.314. The van der Waals surface area contributed by atoms with Crippen LogP contribution in [0.25, 0.3) is 45.9 Å². The van der Waals surface area contributed by atoms with Crippen molar-refractivity contribution in [1.29, 1.82) is 0 Å². The van der Waals surface area contributed by atoms with Gasteiger partial charge in [-0.15, -0.1) is 0 Å². The summed E-state index contributed by atoms with van der Waals surface area (Å²) in [5.74, 6) is 0.857. The summed E-state index contributed by atoms with van der Waals surface area (Å²) in [4.78, 5) is 0. The van der Waals surface area contributed by atoms with Gasteiger partial charge in [0, 0.05) is 21.2 Å². The summed E-state index contributed by atoms with van der Waals surface area (Å²) in [7, 11) is 0. The van der Waals surface area contributed by atoms with Crippen LogP contribution >= 0.6 is 0 Å². The first kappa shape index (κ1) is 14.1. The van der Waals surface area contributed by atoms with Crippen LogP contribution in [0, 0.1) is 0 Å². The van der Waals surface area contributed by atoms with Crippen molar-refractivity contribution < 1.29 is 9.15 Å². The van der Waals surface area contributed by atoms with E-state index in [2.05, 4.69) is 43.5 Å². The van der Waals surface area contributed by atoms with Gasteiger partial charge in [0.25, 0.3) is 0 Å². The van der Waals surface area contributed by atoms with Crippen LogP contribution in [0.4, 0.5) is 0 Å². The Morgan fingerprint density at radius 1 is 0.800 bits per heavy atom. The zero-order chi connectivity index (χ0) is 17.0. The van der Waals surface area contributed by atoms with E-state index in [0.29, 0.717) is 6.61 Å². The van der Waals surface area contributed by atoms with Crippen molar-refractivity contribution in [2.24, 2.45) is 0 Å². The molecule has 0 unspecified atom stereocenters. The minimum atomic E-state index is 0.511. The highest BCUT2D eigenvalue weighted by Gasteiger charge is 2.20. The normalized spacial score (nSPS) is 11.7. The molecule has 2 bridgehead atoms. The number of hydrogen-bond acceptors (Lipinski definition) is 2. The van der Waals surface area contributed by atoms with E-state index in [9.17, 15) is 0 Å². The lowest BCUT2D eigenvalue weighted by atomic mass is 10.0. The van der Waals surface area contributed by atoms with Crippen molar-refractivity contribution in [3.63, 3.8) is 0 Å². The minimum Gasteiger partial charge on any atom is -0.487 e. The summed E-state index contributed by atoms with van der Waals surface area (Å²) in [5.41, 5.74) is 2.73. The van der Waals surface area contributed by atoms with Crippen molar-refractivity contribution in [3.8, 4) is 5.75 Å². The molecule has 5 aromatic rings. The summed E-state index contributed by atoms with van der Waals surface area (Å²) in [6, 6.07) is 20.6. The molecular formula is C23H16O2. The molecule has 0 amide bonds. The van der Waals surface area contributed by atoms with E-state index in [-0.39, 0.29) is 0 Å². The van der Waals surface area contributed by atoms with Gasteiger partial charge in [-0.25, -0.2) is 0 Å². The molecule has 0 aliphatic carbocycles. The maximum atomic E-state index is 6.30. The van der Waals surface area contributed by atoms with Gasteiger partial charge < -0.3 is 9.15 Å². The predicted octanol–water partition coefficient (Wildman–Crippen LogP) is 4.58. The minimum absolute atomic E-state index is 0.511. The molecular weight excluding hydrogens is 308 g/mol. The molecule has 0 radical (unpaired) electrons. The summed E-state index contributed by atoms with van der Waals surface area (Å²) < 4.78 is 12.3. The predicted molar refractivity (Wildman–Crippen MR) is 103 cm³/mol. The summed E-state index contributed by atoms with van der Waals surface area (Å²) in [6.07, 6.45) is 0. The van der Waals surface area contributed by atoms with Crippen molar-refractivity contribution in [1.82, 2.24) is 0 Å². The fraction of sp³-hybridized carbons (Fsp3) is 0.0435. The monoisotopic (exact) mass is 324 g/mol. The van der Waals surface area contributed by atoms with Crippen LogP contribution in [-0.2, 0) is 6.61 Å². The van der Waals surface area contributed by atoms with Gasteiger partial charge in [-0.2, -0.15) is 0 Å². The topological polar surface area (TPSA) is 22.4 Å². The molecule has 5 rings (SSSR count). The van der Waals surface area contributed by atoms with E-state index in [1.165, 1.54) is 0 Å². The Morgan fingerprint density at radius 3 is 2.36 bits per heavy atom. The van der Waals surface area contributed by atoms with Gasteiger partial charge in [0.15, 0.2) is 0 Å². The van der Waals surface area contributed by atoms with Gasteiger partial charge >= 0.3 is 0 Å². The Hall–Kier alpha value is -3.26. The second-order valence-corrected chi connectivity index (χ2v) is 6.34. The molecule has 0 atom stereocenters. The molecule has 3 aromatic carbocycles. The third-order valence-electron chi connectivity index (χ3n) is 4.82. The highest BCUT2D eigenvalue weighted by molar-refractivity contribution is 6.17. The zero-order valence-corrected chi connectivity index (χ0v) is 13.7.